The van der Waals surface area contributed by atoms with E-state index in [2.05, 4.69) is 10.2 Å². The zero-order chi connectivity index (χ0) is 20.5. The molecule has 0 saturated carbocycles. The Balaban J connectivity index is 1.95. The van der Waals surface area contributed by atoms with Crippen LogP contribution in [-0.4, -0.2) is 36.3 Å². The van der Waals surface area contributed by atoms with Crippen molar-refractivity contribution in [2.75, 3.05) is 10.6 Å². The van der Waals surface area contributed by atoms with E-state index in [0.717, 1.165) is 16.1 Å². The van der Waals surface area contributed by atoms with Crippen LogP contribution >= 0.6 is 0 Å². The third kappa shape index (κ3) is 3.61. The molecule has 3 rings (SSSR count). The number of para-hydroxylation sites is 2. The summed E-state index contributed by atoms with van der Waals surface area (Å²) in [4.78, 5) is 12.6. The summed E-state index contributed by atoms with van der Waals surface area (Å²) >= 11 is 0. The monoisotopic (exact) mass is 400 g/mol. The molecule has 0 fully saturated rings. The Labute approximate surface area is 162 Å². The highest BCUT2D eigenvalue weighted by Crippen LogP contribution is 2.37. The molecule has 0 bridgehead atoms. The molecule has 0 aliphatic carbocycles. The van der Waals surface area contributed by atoms with Gasteiger partial charge in [-0.15, -0.1) is 10.2 Å². The Kier molecular flexibility index (Phi) is 5.19. The van der Waals surface area contributed by atoms with Crippen LogP contribution < -0.4 is 4.31 Å². The van der Waals surface area contributed by atoms with E-state index in [0.29, 0.717) is 11.1 Å². The smallest absolute Gasteiger partial charge is 0.287 e. The second-order valence-corrected chi connectivity index (χ2v) is 8.22. The summed E-state index contributed by atoms with van der Waals surface area (Å²) in [6, 6.07) is 14.4. The number of aromatic nitrogens is 1. The molecule has 9 heteroatoms. The molecule has 3 aromatic rings. The third-order valence-electron chi connectivity index (χ3n) is 4.38. The van der Waals surface area contributed by atoms with Gasteiger partial charge in [-0.05, 0) is 25.1 Å². The van der Waals surface area contributed by atoms with Crippen LogP contribution in [0.4, 0.5) is 11.4 Å². The van der Waals surface area contributed by atoms with Crippen molar-refractivity contribution >= 4 is 38.2 Å². The molecule has 0 aliphatic heterocycles. The molecule has 1 heterocycles. The van der Waals surface area contributed by atoms with Crippen molar-refractivity contribution in [1.29, 1.82) is 0 Å². The largest absolute Gasteiger partial charge is 0.493 e. The van der Waals surface area contributed by atoms with Crippen molar-refractivity contribution in [2.24, 2.45) is 17.3 Å². The lowest BCUT2D eigenvalue weighted by atomic mass is 10.2. The van der Waals surface area contributed by atoms with Gasteiger partial charge in [-0.25, -0.2) is 8.42 Å². The average molecular weight is 400 g/mol. The number of hydrogen-bond acceptors (Lipinski definition) is 5. The van der Waals surface area contributed by atoms with Gasteiger partial charge in [0.1, 0.15) is 6.04 Å². The minimum absolute atomic E-state index is 0.131. The topological polar surface area (TPSA) is 104 Å². The van der Waals surface area contributed by atoms with Crippen molar-refractivity contribution in [3.05, 3.63) is 54.6 Å². The van der Waals surface area contributed by atoms with Gasteiger partial charge in [0.25, 0.3) is 5.91 Å². The highest BCUT2D eigenvalue weighted by Gasteiger charge is 2.29. The fourth-order valence-electron chi connectivity index (χ4n) is 3.02. The minimum atomic E-state index is -3.73. The highest BCUT2D eigenvalue weighted by atomic mass is 32.2. The van der Waals surface area contributed by atoms with Crippen molar-refractivity contribution in [2.45, 2.75) is 13.0 Å². The number of anilines is 1. The molecule has 146 valence electrons. The number of aryl methyl sites for hydroxylation is 1. The molecule has 0 unspecified atom stereocenters. The molecule has 0 aliphatic rings. The summed E-state index contributed by atoms with van der Waals surface area (Å²) in [5.41, 5.74) is 1.25. The zero-order valence-corrected chi connectivity index (χ0v) is 16.5. The molecule has 1 amide bonds. The first-order valence-corrected chi connectivity index (χ1v) is 10.3. The maximum absolute atomic E-state index is 12.6. The van der Waals surface area contributed by atoms with E-state index in [4.69, 9.17) is 0 Å². The van der Waals surface area contributed by atoms with E-state index in [1.165, 1.54) is 11.5 Å². The summed E-state index contributed by atoms with van der Waals surface area (Å²) in [5.74, 6) is -0.880. The number of amides is 1. The van der Waals surface area contributed by atoms with Crippen molar-refractivity contribution in [3.63, 3.8) is 0 Å². The van der Waals surface area contributed by atoms with Gasteiger partial charge in [0, 0.05) is 12.4 Å². The Morgan fingerprint density at radius 1 is 1.11 bits per heavy atom. The summed E-state index contributed by atoms with van der Waals surface area (Å²) in [5, 5.41) is 18.5. The quantitative estimate of drug-likeness (QED) is 0.663. The maximum atomic E-state index is 12.6. The van der Waals surface area contributed by atoms with E-state index >= 15 is 0 Å². The molecule has 0 radical (unpaired) electrons. The van der Waals surface area contributed by atoms with E-state index in [9.17, 15) is 18.3 Å². The number of sulfonamides is 1. The molecule has 1 aromatic heterocycles. The normalized spacial score (nSPS) is 13.1. The van der Waals surface area contributed by atoms with Crippen LogP contribution in [0.15, 0.2) is 64.8 Å². The molecule has 1 N–H and O–H groups in total. The van der Waals surface area contributed by atoms with Crippen LogP contribution in [-0.2, 0) is 21.9 Å². The van der Waals surface area contributed by atoms with E-state index < -0.39 is 22.0 Å². The van der Waals surface area contributed by atoms with Gasteiger partial charge in [-0.1, -0.05) is 36.4 Å². The number of fused-ring (bicyclic) bond motifs is 1. The van der Waals surface area contributed by atoms with Crippen LogP contribution in [0.2, 0.25) is 0 Å². The fourth-order valence-corrected chi connectivity index (χ4v) is 4.19. The van der Waals surface area contributed by atoms with Gasteiger partial charge in [0.2, 0.25) is 15.9 Å². The Bertz CT molecular complexity index is 1150. The Hall–Kier alpha value is -3.20. The van der Waals surface area contributed by atoms with Crippen LogP contribution in [0.3, 0.4) is 0 Å². The molecule has 0 spiro atoms. The van der Waals surface area contributed by atoms with E-state index in [1.54, 1.807) is 55.6 Å². The average Bonchev–Trinajstić information content (AvgIpc) is 2.90. The Morgan fingerprint density at radius 2 is 1.71 bits per heavy atom. The standard InChI is InChI=1S/C19H20N4O4S/c1-13(23(28(3,26)27)14-9-5-4-6-10-14)18(24)21-20-17-15-11-7-8-12-16(15)22(2)19(17)25/h4-13,25H,1-3H3/t13-/m1/s1. The van der Waals surface area contributed by atoms with Crippen LogP contribution in [0.25, 0.3) is 10.9 Å². The van der Waals surface area contributed by atoms with Crippen LogP contribution in [0.5, 0.6) is 5.88 Å². The first-order chi connectivity index (χ1) is 13.2. The number of hydrogen-bond donors (Lipinski definition) is 1. The van der Waals surface area contributed by atoms with Gasteiger partial charge in [-0.3, -0.25) is 9.10 Å². The number of nitrogens with zero attached hydrogens (tertiary/aromatic N) is 4. The number of carbonyl (C=O) groups is 1. The predicted molar refractivity (Wildman–Crippen MR) is 107 cm³/mol. The number of aromatic hydroxyl groups is 1. The second kappa shape index (κ2) is 7.43. The van der Waals surface area contributed by atoms with Crippen LogP contribution in [0, 0.1) is 0 Å². The van der Waals surface area contributed by atoms with Crippen molar-refractivity contribution in [3.8, 4) is 5.88 Å². The molecule has 8 nitrogen and oxygen atoms in total. The van der Waals surface area contributed by atoms with E-state index in [-0.39, 0.29) is 11.6 Å². The van der Waals surface area contributed by atoms with Gasteiger partial charge in [0.15, 0.2) is 5.69 Å². The lowest BCUT2D eigenvalue weighted by Crippen LogP contribution is -2.42. The van der Waals surface area contributed by atoms with Crippen LogP contribution in [0.1, 0.15) is 6.92 Å². The van der Waals surface area contributed by atoms with Crippen molar-refractivity contribution < 1.29 is 18.3 Å². The Morgan fingerprint density at radius 3 is 2.36 bits per heavy atom. The summed E-state index contributed by atoms with van der Waals surface area (Å²) in [7, 11) is -2.06. The third-order valence-corrected chi connectivity index (χ3v) is 5.62. The molecule has 1 atom stereocenters. The summed E-state index contributed by atoms with van der Waals surface area (Å²) in [6.45, 7) is 1.44. The number of carbonyl (C=O) groups excluding carboxylic acids is 1. The molecular weight excluding hydrogens is 380 g/mol. The summed E-state index contributed by atoms with van der Waals surface area (Å²) < 4.78 is 27.0. The molecule has 2 aromatic carbocycles. The van der Waals surface area contributed by atoms with Gasteiger partial charge < -0.3 is 9.67 Å². The van der Waals surface area contributed by atoms with E-state index in [1.807, 2.05) is 6.07 Å². The predicted octanol–water partition coefficient (Wildman–Crippen LogP) is 3.35. The second-order valence-electron chi connectivity index (χ2n) is 6.36. The first-order valence-electron chi connectivity index (χ1n) is 8.48. The minimum Gasteiger partial charge on any atom is -0.493 e. The molecule has 28 heavy (non-hydrogen) atoms. The van der Waals surface area contributed by atoms with Crippen molar-refractivity contribution in [1.82, 2.24) is 4.57 Å². The molecular formula is C19H20N4O4S. The molecule has 0 saturated heterocycles. The number of benzene rings is 2. The number of rotatable bonds is 5. The van der Waals surface area contributed by atoms with Gasteiger partial charge in [0.05, 0.1) is 17.5 Å². The summed E-state index contributed by atoms with van der Waals surface area (Å²) in [6.07, 6.45) is 1.03. The number of azo groups is 1. The van der Waals surface area contributed by atoms with Gasteiger partial charge >= 0.3 is 0 Å². The fraction of sp³-hybridized carbons (Fsp3) is 0.211. The van der Waals surface area contributed by atoms with Gasteiger partial charge in [-0.2, -0.15) is 0 Å². The zero-order valence-electron chi connectivity index (χ0n) is 15.6. The lowest BCUT2D eigenvalue weighted by molar-refractivity contribution is -0.119. The highest BCUT2D eigenvalue weighted by molar-refractivity contribution is 7.92. The maximum Gasteiger partial charge on any atom is 0.287 e. The first kappa shape index (κ1) is 19.6. The SMILES string of the molecule is C[C@H](C(=O)N=Nc1c(O)n(C)c2ccccc12)N(c1ccccc1)S(C)(=O)=O. The lowest BCUT2D eigenvalue weighted by Gasteiger charge is -2.26.